The van der Waals surface area contributed by atoms with Gasteiger partial charge in [-0.2, -0.15) is 0 Å². The second kappa shape index (κ2) is 9.76. The van der Waals surface area contributed by atoms with Crippen LogP contribution in [0.25, 0.3) is 0 Å². The lowest BCUT2D eigenvalue weighted by molar-refractivity contribution is -0.120. The van der Waals surface area contributed by atoms with Crippen LogP contribution < -0.4 is 0 Å². The standard InChI is InChI=1S/C23H20O9S2/c1-3-31-20-19(26)23(34(29,30)17-13-9-8-10-15(17)14-24)21(32-4-2)18(25)22(20)33(27,28)16-11-6-5-7-12-16/h5-13,17H,3-4H2,1-2H3. The Morgan fingerprint density at radius 3 is 1.97 bits per heavy atom. The summed E-state index contributed by atoms with van der Waals surface area (Å²) in [5.41, 5.74) is -0.296. The first-order chi connectivity index (χ1) is 16.1. The fraction of sp³-hybridized carbons (Fsp3) is 0.217. The average molecular weight is 505 g/mol. The monoisotopic (exact) mass is 504 g/mol. The molecule has 0 radical (unpaired) electrons. The predicted molar refractivity (Wildman–Crippen MR) is 121 cm³/mol. The van der Waals surface area contributed by atoms with E-state index in [0.29, 0.717) is 0 Å². The minimum absolute atomic E-state index is 0.231. The molecule has 0 amide bonds. The van der Waals surface area contributed by atoms with E-state index in [1.807, 2.05) is 0 Å². The van der Waals surface area contributed by atoms with Crippen LogP contribution in [-0.2, 0) is 43.5 Å². The molecule has 0 heterocycles. The van der Waals surface area contributed by atoms with Crippen LogP contribution >= 0.6 is 0 Å². The maximum absolute atomic E-state index is 13.5. The average Bonchev–Trinajstić information content (AvgIpc) is 2.82. The van der Waals surface area contributed by atoms with Gasteiger partial charge in [-0.3, -0.25) is 9.59 Å². The van der Waals surface area contributed by atoms with Gasteiger partial charge in [0, 0.05) is 0 Å². The number of allylic oxidation sites excluding steroid dienone is 5. The molecule has 0 saturated heterocycles. The normalized spacial score (nSPS) is 18.9. The third kappa shape index (κ3) is 4.21. The molecule has 2 aliphatic carbocycles. The Labute approximate surface area is 196 Å². The van der Waals surface area contributed by atoms with E-state index in [-0.39, 0.29) is 23.7 Å². The summed E-state index contributed by atoms with van der Waals surface area (Å²) in [6, 6.07) is 6.86. The Morgan fingerprint density at radius 2 is 1.41 bits per heavy atom. The Hall–Kier alpha value is -3.53. The van der Waals surface area contributed by atoms with Gasteiger partial charge in [0.1, 0.15) is 11.2 Å². The fourth-order valence-electron chi connectivity index (χ4n) is 3.40. The summed E-state index contributed by atoms with van der Waals surface area (Å²) < 4.78 is 64.1. The maximum atomic E-state index is 13.5. The van der Waals surface area contributed by atoms with E-state index in [9.17, 15) is 31.2 Å². The largest absolute Gasteiger partial charge is 0.488 e. The van der Waals surface area contributed by atoms with Crippen molar-refractivity contribution < 1.29 is 40.7 Å². The number of hydrogen-bond donors (Lipinski definition) is 0. The number of carbonyl (C=O) groups excluding carboxylic acids is 3. The van der Waals surface area contributed by atoms with Crippen molar-refractivity contribution >= 4 is 37.2 Å². The number of ether oxygens (including phenoxy) is 2. The van der Waals surface area contributed by atoms with Crippen LogP contribution in [0.4, 0.5) is 0 Å². The fourth-order valence-corrected chi connectivity index (χ4v) is 6.66. The molecule has 0 spiro atoms. The van der Waals surface area contributed by atoms with Gasteiger partial charge in [0.15, 0.2) is 31.2 Å². The van der Waals surface area contributed by atoms with Crippen molar-refractivity contribution in [1.82, 2.24) is 0 Å². The van der Waals surface area contributed by atoms with Crippen LogP contribution in [0, 0.1) is 0 Å². The SMILES string of the molecule is CCOC1=C(S(=O)(=O)c2ccccc2)C(=O)C(OCC)=C(S(=O)(=O)C2C=CC=CC2=C=O)C1=O. The van der Waals surface area contributed by atoms with E-state index in [1.54, 1.807) is 6.07 Å². The third-order valence-corrected chi connectivity index (χ3v) is 8.67. The van der Waals surface area contributed by atoms with Gasteiger partial charge < -0.3 is 9.47 Å². The van der Waals surface area contributed by atoms with Crippen molar-refractivity contribution in [2.75, 3.05) is 13.2 Å². The number of benzene rings is 1. The maximum Gasteiger partial charge on any atom is 0.244 e. The summed E-state index contributed by atoms with van der Waals surface area (Å²) in [7, 11) is -9.34. The number of ketones is 2. The zero-order valence-electron chi connectivity index (χ0n) is 18.2. The molecule has 1 aromatic rings. The number of sulfone groups is 2. The van der Waals surface area contributed by atoms with Gasteiger partial charge >= 0.3 is 0 Å². The van der Waals surface area contributed by atoms with Crippen molar-refractivity contribution in [2.24, 2.45) is 0 Å². The second-order valence-electron chi connectivity index (χ2n) is 6.92. The molecule has 34 heavy (non-hydrogen) atoms. The zero-order valence-corrected chi connectivity index (χ0v) is 19.8. The molecule has 0 fully saturated rings. The molecule has 0 aliphatic heterocycles. The molecule has 0 bridgehead atoms. The summed E-state index contributed by atoms with van der Waals surface area (Å²) >= 11 is 0. The predicted octanol–water partition coefficient (Wildman–Crippen LogP) is 1.78. The lowest BCUT2D eigenvalue weighted by Gasteiger charge is -2.25. The number of hydrogen-bond acceptors (Lipinski definition) is 9. The number of Topliss-reactive ketones (excluding diaryl/α,β-unsaturated/α-hetero) is 2. The quantitative estimate of drug-likeness (QED) is 0.383. The van der Waals surface area contributed by atoms with Gasteiger partial charge in [0.2, 0.25) is 21.4 Å². The van der Waals surface area contributed by atoms with Crippen LogP contribution in [0.1, 0.15) is 13.8 Å². The van der Waals surface area contributed by atoms with Crippen LogP contribution in [0.3, 0.4) is 0 Å². The molecule has 0 N–H and O–H groups in total. The molecule has 3 rings (SSSR count). The molecule has 178 valence electrons. The van der Waals surface area contributed by atoms with Gasteiger partial charge in [0.05, 0.1) is 23.7 Å². The Morgan fingerprint density at radius 1 is 0.853 bits per heavy atom. The smallest absolute Gasteiger partial charge is 0.244 e. The molecule has 1 unspecified atom stereocenters. The highest BCUT2D eigenvalue weighted by Gasteiger charge is 2.50. The first kappa shape index (κ1) is 25.1. The zero-order chi connectivity index (χ0) is 25.1. The highest BCUT2D eigenvalue weighted by Crippen LogP contribution is 2.37. The molecule has 0 saturated carbocycles. The van der Waals surface area contributed by atoms with Crippen LogP contribution in [0.5, 0.6) is 0 Å². The Balaban J connectivity index is 2.31. The van der Waals surface area contributed by atoms with E-state index >= 15 is 0 Å². The Kier molecular flexibility index (Phi) is 7.21. The van der Waals surface area contributed by atoms with E-state index in [2.05, 4.69) is 0 Å². The van der Waals surface area contributed by atoms with E-state index in [4.69, 9.17) is 9.47 Å². The number of carbonyl (C=O) groups is 2. The van der Waals surface area contributed by atoms with Crippen LogP contribution in [-0.4, -0.2) is 52.8 Å². The molecular formula is C23H20O9S2. The summed E-state index contributed by atoms with van der Waals surface area (Å²) in [5.74, 6) is -3.05. The van der Waals surface area contributed by atoms with Gasteiger partial charge in [-0.25, -0.2) is 21.6 Å². The highest BCUT2D eigenvalue weighted by molar-refractivity contribution is 7.98. The third-order valence-electron chi connectivity index (χ3n) is 4.85. The molecular weight excluding hydrogens is 484 g/mol. The van der Waals surface area contributed by atoms with Crippen molar-refractivity contribution in [3.63, 3.8) is 0 Å². The van der Waals surface area contributed by atoms with Crippen LogP contribution in [0.15, 0.2) is 86.4 Å². The summed E-state index contributed by atoms with van der Waals surface area (Å²) in [4.78, 5) is 35.8. The van der Waals surface area contributed by atoms with E-state index in [1.165, 1.54) is 62.3 Å². The van der Waals surface area contributed by atoms with Crippen LogP contribution in [0.2, 0.25) is 0 Å². The second-order valence-corrected chi connectivity index (χ2v) is 10.8. The van der Waals surface area contributed by atoms with Crippen molar-refractivity contribution in [3.05, 3.63) is 81.5 Å². The van der Waals surface area contributed by atoms with E-state index < -0.39 is 57.8 Å². The van der Waals surface area contributed by atoms with Gasteiger partial charge in [-0.1, -0.05) is 36.4 Å². The molecule has 0 aromatic heterocycles. The molecule has 1 aromatic carbocycles. The minimum atomic E-state index is -4.75. The van der Waals surface area contributed by atoms with Gasteiger partial charge in [-0.05, 0) is 32.1 Å². The van der Waals surface area contributed by atoms with Gasteiger partial charge in [-0.15, -0.1) is 0 Å². The Bertz CT molecular complexity index is 1420. The summed E-state index contributed by atoms with van der Waals surface area (Å²) in [5, 5.41) is -1.63. The molecule has 9 nitrogen and oxygen atoms in total. The highest BCUT2D eigenvalue weighted by atomic mass is 32.2. The lowest BCUT2D eigenvalue weighted by atomic mass is 10.1. The van der Waals surface area contributed by atoms with E-state index in [0.717, 1.165) is 6.08 Å². The van der Waals surface area contributed by atoms with Crippen molar-refractivity contribution in [1.29, 1.82) is 0 Å². The molecule has 2 aliphatic rings. The summed E-state index contributed by atoms with van der Waals surface area (Å²) in [6.07, 6.45) is 5.11. The van der Waals surface area contributed by atoms with Crippen molar-refractivity contribution in [2.45, 2.75) is 24.0 Å². The molecule has 11 heteroatoms. The first-order valence-corrected chi connectivity index (χ1v) is 13.1. The minimum Gasteiger partial charge on any atom is -0.488 e. The topological polar surface area (TPSA) is 138 Å². The van der Waals surface area contributed by atoms with Crippen molar-refractivity contribution in [3.8, 4) is 0 Å². The van der Waals surface area contributed by atoms with Gasteiger partial charge in [0.25, 0.3) is 0 Å². The number of rotatable bonds is 8. The summed E-state index contributed by atoms with van der Waals surface area (Å²) in [6.45, 7) is 2.40. The first-order valence-electron chi connectivity index (χ1n) is 10.1. The lowest BCUT2D eigenvalue weighted by Crippen LogP contribution is -2.36. The molecule has 1 atom stereocenters.